The van der Waals surface area contributed by atoms with Gasteiger partial charge in [-0.3, -0.25) is 0 Å². The van der Waals surface area contributed by atoms with Gasteiger partial charge in [0.05, 0.1) is 11.1 Å². The average Bonchev–Trinajstić information content (AvgIpc) is 2.80. The van der Waals surface area contributed by atoms with Gasteiger partial charge in [-0.15, -0.1) is 0 Å². The van der Waals surface area contributed by atoms with Gasteiger partial charge in [0.15, 0.2) is 17.5 Å². The van der Waals surface area contributed by atoms with Crippen molar-refractivity contribution in [2.24, 2.45) is 0 Å². The van der Waals surface area contributed by atoms with Gasteiger partial charge in [0.25, 0.3) is 0 Å². The Labute approximate surface area is 202 Å². The number of alkyl halides is 5. The lowest BCUT2D eigenvalue weighted by atomic mass is 9.99. The third-order valence-corrected chi connectivity index (χ3v) is 5.14. The van der Waals surface area contributed by atoms with E-state index in [2.05, 4.69) is 4.74 Å². The van der Waals surface area contributed by atoms with E-state index in [9.17, 15) is 48.3 Å². The summed E-state index contributed by atoms with van der Waals surface area (Å²) in [6.07, 6.45) is -9.33. The second-order valence-corrected chi connectivity index (χ2v) is 7.73. The predicted molar refractivity (Wildman–Crippen MR) is 112 cm³/mol. The van der Waals surface area contributed by atoms with Crippen LogP contribution in [0.25, 0.3) is 17.0 Å². The highest BCUT2D eigenvalue weighted by atomic mass is 19.4. The Hall–Kier alpha value is -3.57. The molecule has 0 amide bonds. The molecule has 0 bridgehead atoms. The van der Waals surface area contributed by atoms with Crippen LogP contribution in [0.2, 0.25) is 0 Å². The monoisotopic (exact) mass is 540 g/mol. The van der Waals surface area contributed by atoms with Crippen LogP contribution in [0.15, 0.2) is 54.4 Å². The molecule has 1 nitrogen and oxygen atoms in total. The lowest BCUT2D eigenvalue weighted by Crippen LogP contribution is -2.22. The molecule has 0 aliphatic rings. The van der Waals surface area contributed by atoms with Gasteiger partial charge < -0.3 is 4.74 Å². The van der Waals surface area contributed by atoms with E-state index < -0.39 is 64.1 Å². The third-order valence-electron chi connectivity index (χ3n) is 5.14. The van der Waals surface area contributed by atoms with Crippen molar-refractivity contribution in [1.82, 2.24) is 0 Å². The fourth-order valence-electron chi connectivity index (χ4n) is 3.38. The molecule has 198 valence electrons. The maximum absolute atomic E-state index is 14.6. The van der Waals surface area contributed by atoms with Crippen molar-refractivity contribution in [1.29, 1.82) is 0 Å². The third kappa shape index (κ3) is 5.89. The number of hydrogen-bond acceptors (Lipinski definition) is 1. The molecule has 0 atom stereocenters. The van der Waals surface area contributed by atoms with Gasteiger partial charge in [0.2, 0.25) is 5.83 Å². The Balaban J connectivity index is 1.88. The van der Waals surface area contributed by atoms with Crippen LogP contribution in [0.1, 0.15) is 30.0 Å². The quantitative estimate of drug-likeness (QED) is 0.272. The first-order valence-corrected chi connectivity index (χ1v) is 10.4. The van der Waals surface area contributed by atoms with Crippen LogP contribution >= 0.6 is 0 Å². The van der Waals surface area contributed by atoms with Crippen LogP contribution in [-0.2, 0) is 12.5 Å². The average molecular weight is 540 g/mol. The number of rotatable bonds is 7. The summed E-state index contributed by atoms with van der Waals surface area (Å²) >= 11 is 0. The molecule has 0 aliphatic carbocycles. The highest BCUT2D eigenvalue weighted by Crippen LogP contribution is 2.39. The van der Waals surface area contributed by atoms with Crippen molar-refractivity contribution in [2.45, 2.75) is 32.1 Å². The van der Waals surface area contributed by atoms with E-state index in [0.717, 1.165) is 24.3 Å². The Morgan fingerprint density at radius 1 is 0.784 bits per heavy atom. The zero-order chi connectivity index (χ0) is 27.7. The first-order chi connectivity index (χ1) is 17.2. The van der Waals surface area contributed by atoms with Gasteiger partial charge >= 0.3 is 12.3 Å². The Bertz CT molecular complexity index is 1300. The SMILES string of the molecule is CCCc1ccc(-c2ccc(C(F)(F)Oc3cc(F)c(/C(F)=C(\F)C(F)(F)F)c(F)c3)cc2)c(F)c1F. The summed E-state index contributed by atoms with van der Waals surface area (Å²) in [6, 6.07) is 6.05. The molecule has 0 unspecified atom stereocenters. The minimum atomic E-state index is -5.89. The van der Waals surface area contributed by atoms with Gasteiger partial charge in [-0.2, -0.15) is 26.3 Å². The molecular formula is C25H15F11O. The second kappa shape index (κ2) is 10.4. The number of ether oxygens (including phenoxy) is 1. The Morgan fingerprint density at radius 2 is 1.35 bits per heavy atom. The molecule has 37 heavy (non-hydrogen) atoms. The van der Waals surface area contributed by atoms with Crippen LogP contribution < -0.4 is 4.74 Å². The summed E-state index contributed by atoms with van der Waals surface area (Å²) in [5.41, 5.74) is -3.02. The van der Waals surface area contributed by atoms with Crippen molar-refractivity contribution in [3.63, 3.8) is 0 Å². The van der Waals surface area contributed by atoms with Crippen LogP contribution in [-0.4, -0.2) is 6.18 Å². The van der Waals surface area contributed by atoms with Crippen LogP contribution in [0.3, 0.4) is 0 Å². The highest BCUT2D eigenvalue weighted by Gasteiger charge is 2.40. The number of hydrogen-bond donors (Lipinski definition) is 0. The Kier molecular flexibility index (Phi) is 7.89. The molecule has 3 aromatic carbocycles. The molecule has 3 rings (SSSR count). The van der Waals surface area contributed by atoms with Gasteiger partial charge in [0.1, 0.15) is 17.4 Å². The minimum absolute atomic E-state index is 0.0226. The van der Waals surface area contributed by atoms with E-state index in [4.69, 9.17) is 0 Å². The molecule has 0 fully saturated rings. The first kappa shape index (κ1) is 28.0. The van der Waals surface area contributed by atoms with Crippen LogP contribution in [0.4, 0.5) is 48.3 Å². The van der Waals surface area contributed by atoms with E-state index >= 15 is 0 Å². The minimum Gasteiger partial charge on any atom is -0.429 e. The van der Waals surface area contributed by atoms with E-state index in [1.54, 1.807) is 6.92 Å². The van der Waals surface area contributed by atoms with Gasteiger partial charge in [-0.25, -0.2) is 22.0 Å². The summed E-state index contributed by atoms with van der Waals surface area (Å²) in [5, 5.41) is 0. The summed E-state index contributed by atoms with van der Waals surface area (Å²) < 4.78 is 154. The molecular weight excluding hydrogens is 525 g/mol. The van der Waals surface area contributed by atoms with E-state index in [1.807, 2.05) is 0 Å². The summed E-state index contributed by atoms with van der Waals surface area (Å²) in [5.74, 6) is -14.1. The molecule has 0 heterocycles. The van der Waals surface area contributed by atoms with E-state index in [1.165, 1.54) is 12.1 Å². The Morgan fingerprint density at radius 3 is 1.86 bits per heavy atom. The number of aryl methyl sites for hydroxylation is 1. The molecule has 0 saturated heterocycles. The van der Waals surface area contributed by atoms with E-state index in [0.29, 0.717) is 6.42 Å². The number of halogens is 11. The zero-order valence-corrected chi connectivity index (χ0v) is 18.6. The predicted octanol–water partition coefficient (Wildman–Crippen LogP) is 9.16. The molecule has 0 saturated carbocycles. The lowest BCUT2D eigenvalue weighted by molar-refractivity contribution is -0.185. The largest absolute Gasteiger partial charge is 0.445 e. The van der Waals surface area contributed by atoms with Crippen molar-refractivity contribution < 1.29 is 53.0 Å². The van der Waals surface area contributed by atoms with Crippen LogP contribution in [0.5, 0.6) is 5.75 Å². The normalized spacial score (nSPS) is 13.0. The maximum Gasteiger partial charge on any atom is 0.445 e. The zero-order valence-electron chi connectivity index (χ0n) is 18.6. The molecule has 12 heteroatoms. The summed E-state index contributed by atoms with van der Waals surface area (Å²) in [7, 11) is 0. The molecule has 0 aliphatic heterocycles. The smallest absolute Gasteiger partial charge is 0.429 e. The topological polar surface area (TPSA) is 9.23 Å². The van der Waals surface area contributed by atoms with Crippen molar-refractivity contribution in [3.8, 4) is 16.9 Å². The lowest BCUT2D eigenvalue weighted by Gasteiger charge is -2.19. The maximum atomic E-state index is 14.6. The fourth-order valence-corrected chi connectivity index (χ4v) is 3.38. The molecule has 0 N–H and O–H groups in total. The highest BCUT2D eigenvalue weighted by molar-refractivity contribution is 5.65. The molecule has 0 aromatic heterocycles. The molecule has 3 aromatic rings. The van der Waals surface area contributed by atoms with Gasteiger partial charge in [0, 0.05) is 17.7 Å². The fraction of sp³-hybridized carbons (Fsp3) is 0.200. The molecule has 0 spiro atoms. The summed E-state index contributed by atoms with van der Waals surface area (Å²) in [6.45, 7) is 1.77. The standard InChI is InChI=1S/C25H15F11O/c1-2-3-13-6-9-16(21(29)20(13)28)12-4-7-14(8-5-12)25(35,36)37-15-10-17(26)19(18(27)11-15)22(30)23(31)24(32,33)34/h4-11H,2-3H2,1H3/b23-22+. The van der Waals surface area contributed by atoms with Gasteiger partial charge in [-0.05, 0) is 29.7 Å². The number of allylic oxidation sites excluding steroid dienone is 1. The first-order valence-electron chi connectivity index (χ1n) is 10.4. The van der Waals surface area contributed by atoms with Gasteiger partial charge in [-0.1, -0.05) is 37.6 Å². The molecule has 0 radical (unpaired) electrons. The van der Waals surface area contributed by atoms with Crippen LogP contribution in [0, 0.1) is 23.3 Å². The summed E-state index contributed by atoms with van der Waals surface area (Å²) in [4.78, 5) is 0. The number of benzene rings is 3. The van der Waals surface area contributed by atoms with Crippen molar-refractivity contribution >= 4 is 5.83 Å². The van der Waals surface area contributed by atoms with Crippen molar-refractivity contribution in [2.75, 3.05) is 0 Å². The van der Waals surface area contributed by atoms with E-state index in [-0.39, 0.29) is 35.2 Å². The second-order valence-electron chi connectivity index (χ2n) is 7.73. The van der Waals surface area contributed by atoms with Crippen molar-refractivity contribution in [3.05, 3.63) is 94.3 Å².